The molecule has 0 aliphatic rings. The number of benzene rings is 3. The molecule has 2 aromatic heterocycles. The Bertz CT molecular complexity index is 1350. The Balaban J connectivity index is 1.63. The minimum absolute atomic E-state index is 0.0937. The van der Waals surface area contributed by atoms with Crippen molar-refractivity contribution in [3.05, 3.63) is 96.1 Å². The Morgan fingerprint density at radius 3 is 1.97 bits per heavy atom. The molecule has 6 heteroatoms. The minimum atomic E-state index is -0.389. The van der Waals surface area contributed by atoms with Crippen LogP contribution in [0.3, 0.4) is 0 Å². The highest BCUT2D eigenvalue weighted by Gasteiger charge is 2.17. The molecule has 0 spiro atoms. The molecule has 0 saturated carbocycles. The molecule has 5 aromatic rings. The number of amides is 1. The van der Waals surface area contributed by atoms with Gasteiger partial charge in [0.25, 0.3) is 0 Å². The Labute approximate surface area is 173 Å². The summed E-state index contributed by atoms with van der Waals surface area (Å²) in [5, 5.41) is 0. The van der Waals surface area contributed by atoms with E-state index in [1.165, 1.54) is 5.56 Å². The lowest BCUT2D eigenvalue weighted by atomic mass is 10.1. The van der Waals surface area contributed by atoms with Gasteiger partial charge in [-0.1, -0.05) is 54.6 Å². The van der Waals surface area contributed by atoms with Gasteiger partial charge in [-0.15, -0.1) is 0 Å². The van der Waals surface area contributed by atoms with Crippen molar-refractivity contribution in [2.75, 3.05) is 0 Å². The van der Waals surface area contributed by atoms with E-state index in [1.807, 2.05) is 65.2 Å². The van der Waals surface area contributed by atoms with Crippen molar-refractivity contribution in [3.8, 4) is 0 Å². The maximum atomic E-state index is 11.7. The fourth-order valence-corrected chi connectivity index (χ4v) is 3.93. The van der Waals surface area contributed by atoms with Gasteiger partial charge >= 0.3 is 0 Å². The first-order valence-electron chi connectivity index (χ1n) is 9.89. The third-order valence-corrected chi connectivity index (χ3v) is 5.29. The van der Waals surface area contributed by atoms with Crippen molar-refractivity contribution in [2.45, 2.75) is 19.5 Å². The lowest BCUT2D eigenvalue weighted by Gasteiger charge is -2.11. The summed E-state index contributed by atoms with van der Waals surface area (Å²) in [6, 6.07) is 26.2. The van der Waals surface area contributed by atoms with Crippen LogP contribution in [-0.2, 0) is 24.3 Å². The molecule has 6 nitrogen and oxygen atoms in total. The summed E-state index contributed by atoms with van der Waals surface area (Å²) in [6.45, 7) is 0.598. The highest BCUT2D eigenvalue weighted by Crippen LogP contribution is 2.22. The molecule has 2 N–H and O–H groups in total. The zero-order valence-corrected chi connectivity index (χ0v) is 16.4. The average molecular weight is 395 g/mol. The van der Waals surface area contributed by atoms with E-state index in [2.05, 4.69) is 22.8 Å². The van der Waals surface area contributed by atoms with Crippen LogP contribution in [0.1, 0.15) is 17.2 Å². The van der Waals surface area contributed by atoms with E-state index in [9.17, 15) is 4.79 Å². The van der Waals surface area contributed by atoms with Crippen LogP contribution in [0.2, 0.25) is 0 Å². The number of hydrogen-bond acceptors (Lipinski definition) is 3. The van der Waals surface area contributed by atoms with E-state index >= 15 is 0 Å². The molecule has 0 fully saturated rings. The summed E-state index contributed by atoms with van der Waals surface area (Å²) >= 11 is 0. The number of carbonyl (C=O) groups is 1. The van der Waals surface area contributed by atoms with Crippen molar-refractivity contribution >= 4 is 28.0 Å². The fraction of sp³-hybridized carbons (Fsp3) is 0.125. The first-order chi connectivity index (χ1) is 14.7. The molecule has 0 saturated heterocycles. The molecule has 0 unspecified atom stereocenters. The molecule has 2 heterocycles. The van der Waals surface area contributed by atoms with Crippen molar-refractivity contribution in [1.82, 2.24) is 19.1 Å². The van der Waals surface area contributed by atoms with Crippen LogP contribution in [-0.4, -0.2) is 25.0 Å². The van der Waals surface area contributed by atoms with E-state index in [0.717, 1.165) is 33.7 Å². The van der Waals surface area contributed by atoms with Crippen LogP contribution in [0.25, 0.3) is 22.1 Å². The second kappa shape index (κ2) is 7.48. The van der Waals surface area contributed by atoms with E-state index in [4.69, 9.17) is 15.7 Å². The monoisotopic (exact) mass is 395 g/mol. The molecule has 1 amide bonds. The fourth-order valence-electron chi connectivity index (χ4n) is 3.93. The average Bonchev–Trinajstić information content (AvgIpc) is 3.27. The largest absolute Gasteiger partial charge is 0.368 e. The zero-order chi connectivity index (χ0) is 20.5. The van der Waals surface area contributed by atoms with Gasteiger partial charge in [0.1, 0.15) is 18.2 Å². The Morgan fingerprint density at radius 1 is 0.733 bits per heavy atom. The zero-order valence-electron chi connectivity index (χ0n) is 16.4. The molecule has 0 aliphatic heterocycles. The molecule has 30 heavy (non-hydrogen) atoms. The molecule has 148 valence electrons. The first kappa shape index (κ1) is 18.1. The van der Waals surface area contributed by atoms with Crippen molar-refractivity contribution in [1.29, 1.82) is 0 Å². The lowest BCUT2D eigenvalue weighted by Crippen LogP contribution is -2.21. The Morgan fingerprint density at radius 2 is 1.30 bits per heavy atom. The third-order valence-electron chi connectivity index (χ3n) is 5.29. The van der Waals surface area contributed by atoms with Crippen molar-refractivity contribution < 1.29 is 4.79 Å². The number of primary amides is 1. The van der Waals surface area contributed by atoms with Gasteiger partial charge in [0.05, 0.1) is 28.6 Å². The predicted octanol–water partition coefficient (Wildman–Crippen LogP) is 3.51. The Kier molecular flexibility index (Phi) is 4.52. The van der Waals surface area contributed by atoms with Crippen LogP contribution < -0.4 is 5.73 Å². The SMILES string of the molecule is NC(=O)Cn1c(Cn2c(Cc3ccccc3)nc3ccccc32)nc2ccccc21. The van der Waals surface area contributed by atoms with E-state index in [-0.39, 0.29) is 12.5 Å². The number of fused-ring (bicyclic) bond motifs is 2. The maximum Gasteiger partial charge on any atom is 0.237 e. The number of aromatic nitrogens is 4. The Hall–Kier alpha value is -3.93. The summed E-state index contributed by atoms with van der Waals surface area (Å²) in [6.07, 6.45) is 0.714. The van der Waals surface area contributed by atoms with Crippen LogP contribution in [0.15, 0.2) is 78.9 Å². The summed E-state index contributed by atoms with van der Waals surface area (Å²) < 4.78 is 4.08. The summed E-state index contributed by atoms with van der Waals surface area (Å²) in [4.78, 5) is 21.4. The number of imidazole rings is 2. The predicted molar refractivity (Wildman–Crippen MR) is 117 cm³/mol. The van der Waals surface area contributed by atoms with Gasteiger partial charge in [0.2, 0.25) is 5.91 Å². The van der Waals surface area contributed by atoms with Crippen LogP contribution in [0.4, 0.5) is 0 Å². The second-order valence-corrected chi connectivity index (χ2v) is 7.33. The molecule has 0 aliphatic carbocycles. The minimum Gasteiger partial charge on any atom is -0.368 e. The van der Waals surface area contributed by atoms with Gasteiger partial charge in [0, 0.05) is 6.42 Å². The molecule has 0 radical (unpaired) electrons. The smallest absolute Gasteiger partial charge is 0.237 e. The van der Waals surface area contributed by atoms with Crippen molar-refractivity contribution in [3.63, 3.8) is 0 Å². The summed E-state index contributed by atoms with van der Waals surface area (Å²) in [5.41, 5.74) is 10.5. The third kappa shape index (κ3) is 3.33. The molecule has 0 bridgehead atoms. The molecule has 5 rings (SSSR count). The number of nitrogens with zero attached hydrogens (tertiary/aromatic N) is 4. The summed E-state index contributed by atoms with van der Waals surface area (Å²) in [5.74, 6) is 1.35. The van der Waals surface area contributed by atoms with Gasteiger partial charge in [-0.2, -0.15) is 0 Å². The second-order valence-electron chi connectivity index (χ2n) is 7.33. The van der Waals surface area contributed by atoms with Gasteiger partial charge in [-0.25, -0.2) is 9.97 Å². The normalized spacial score (nSPS) is 11.3. The van der Waals surface area contributed by atoms with Gasteiger partial charge in [-0.3, -0.25) is 4.79 Å². The van der Waals surface area contributed by atoms with E-state index in [0.29, 0.717) is 13.0 Å². The van der Waals surface area contributed by atoms with Gasteiger partial charge < -0.3 is 14.9 Å². The number of hydrogen-bond donors (Lipinski definition) is 1. The van der Waals surface area contributed by atoms with E-state index < -0.39 is 0 Å². The van der Waals surface area contributed by atoms with Crippen molar-refractivity contribution in [2.24, 2.45) is 5.73 Å². The van der Waals surface area contributed by atoms with E-state index in [1.54, 1.807) is 0 Å². The number of nitrogens with two attached hydrogens (primary N) is 1. The number of para-hydroxylation sites is 4. The molecular formula is C24H21N5O. The van der Waals surface area contributed by atoms with Crippen LogP contribution in [0.5, 0.6) is 0 Å². The molecule has 3 aromatic carbocycles. The number of rotatable bonds is 6. The lowest BCUT2D eigenvalue weighted by molar-refractivity contribution is -0.118. The standard InChI is InChI=1S/C24H21N5O/c25-22(30)15-28-20-12-6-5-11-19(20)27-24(28)16-29-21-13-7-4-10-18(21)26-23(29)14-17-8-2-1-3-9-17/h1-13H,14-16H2,(H2,25,30). The van der Waals surface area contributed by atoms with Crippen LogP contribution >= 0.6 is 0 Å². The van der Waals surface area contributed by atoms with Gasteiger partial charge in [-0.05, 0) is 29.8 Å². The van der Waals surface area contributed by atoms with Gasteiger partial charge in [0.15, 0.2) is 0 Å². The molecular weight excluding hydrogens is 374 g/mol. The highest BCUT2D eigenvalue weighted by atomic mass is 16.1. The summed E-state index contributed by atoms with van der Waals surface area (Å²) in [7, 11) is 0. The first-order valence-corrected chi connectivity index (χ1v) is 9.89. The number of carbonyl (C=O) groups excluding carboxylic acids is 1. The molecule has 0 atom stereocenters. The topological polar surface area (TPSA) is 78.7 Å². The quantitative estimate of drug-likeness (QED) is 0.478. The maximum absolute atomic E-state index is 11.7. The highest BCUT2D eigenvalue weighted by molar-refractivity contribution is 5.80. The van der Waals surface area contributed by atoms with Crippen LogP contribution in [0, 0.1) is 0 Å².